The predicted molar refractivity (Wildman–Crippen MR) is 89.9 cm³/mol. The molecule has 8 heteroatoms. The minimum atomic E-state index is -0.500. The SMILES string of the molecule is O=C(OCCCOc1ccc(F)cc1)c1csc(-c2ncccn2)n1. The Bertz CT molecular complexity index is 825. The van der Waals surface area contributed by atoms with Crippen LogP contribution in [0.3, 0.4) is 0 Å². The molecule has 0 bridgehead atoms. The Hall–Kier alpha value is -2.87. The lowest BCUT2D eigenvalue weighted by Gasteiger charge is -2.06. The maximum atomic E-state index is 12.8. The second-order valence-electron chi connectivity index (χ2n) is 4.90. The highest BCUT2D eigenvalue weighted by molar-refractivity contribution is 7.13. The molecule has 0 aliphatic rings. The van der Waals surface area contributed by atoms with Crippen LogP contribution in [0, 0.1) is 5.82 Å². The van der Waals surface area contributed by atoms with Crippen LogP contribution in [-0.2, 0) is 4.74 Å². The van der Waals surface area contributed by atoms with Crippen molar-refractivity contribution in [2.75, 3.05) is 13.2 Å². The predicted octanol–water partition coefficient (Wildman–Crippen LogP) is 3.37. The number of thiazole rings is 1. The number of hydrogen-bond donors (Lipinski definition) is 0. The molecule has 25 heavy (non-hydrogen) atoms. The Labute approximate surface area is 147 Å². The molecule has 0 saturated heterocycles. The summed E-state index contributed by atoms with van der Waals surface area (Å²) in [5.74, 6) is 0.226. The molecule has 0 aliphatic carbocycles. The van der Waals surface area contributed by atoms with Gasteiger partial charge in [0.1, 0.15) is 11.6 Å². The van der Waals surface area contributed by atoms with Crippen molar-refractivity contribution >= 4 is 17.3 Å². The number of aromatic nitrogens is 3. The largest absolute Gasteiger partial charge is 0.493 e. The van der Waals surface area contributed by atoms with Gasteiger partial charge < -0.3 is 9.47 Å². The average Bonchev–Trinajstić information content (AvgIpc) is 3.14. The van der Waals surface area contributed by atoms with Crippen molar-refractivity contribution in [2.45, 2.75) is 6.42 Å². The molecule has 1 aromatic carbocycles. The summed E-state index contributed by atoms with van der Waals surface area (Å²) in [7, 11) is 0. The summed E-state index contributed by atoms with van der Waals surface area (Å²) in [4.78, 5) is 24.3. The van der Waals surface area contributed by atoms with E-state index in [1.165, 1.54) is 23.5 Å². The lowest BCUT2D eigenvalue weighted by atomic mass is 10.3. The van der Waals surface area contributed by atoms with E-state index in [0.717, 1.165) is 0 Å². The first-order valence-electron chi connectivity index (χ1n) is 7.51. The number of halogens is 1. The van der Waals surface area contributed by atoms with Gasteiger partial charge in [0.25, 0.3) is 0 Å². The van der Waals surface area contributed by atoms with Crippen LogP contribution in [0.5, 0.6) is 5.75 Å². The van der Waals surface area contributed by atoms with Crippen LogP contribution in [0.1, 0.15) is 16.9 Å². The van der Waals surface area contributed by atoms with Gasteiger partial charge in [-0.25, -0.2) is 24.1 Å². The second kappa shape index (κ2) is 8.29. The van der Waals surface area contributed by atoms with E-state index < -0.39 is 5.97 Å². The van der Waals surface area contributed by atoms with Crippen LogP contribution in [0.2, 0.25) is 0 Å². The number of hydrogen-bond acceptors (Lipinski definition) is 7. The van der Waals surface area contributed by atoms with Gasteiger partial charge >= 0.3 is 5.97 Å². The fraction of sp³-hybridized carbons (Fsp3) is 0.176. The molecule has 0 atom stereocenters. The molecule has 0 spiro atoms. The van der Waals surface area contributed by atoms with Gasteiger partial charge in [0.05, 0.1) is 13.2 Å². The third kappa shape index (κ3) is 4.80. The molecule has 3 aromatic rings. The number of ether oxygens (including phenoxy) is 2. The topological polar surface area (TPSA) is 74.2 Å². The molecule has 0 saturated carbocycles. The molecule has 2 heterocycles. The third-order valence-corrected chi connectivity index (χ3v) is 3.91. The van der Waals surface area contributed by atoms with Crippen molar-refractivity contribution in [1.82, 2.24) is 15.0 Å². The summed E-state index contributed by atoms with van der Waals surface area (Å²) >= 11 is 1.28. The van der Waals surface area contributed by atoms with Crippen molar-refractivity contribution in [3.05, 3.63) is 59.6 Å². The van der Waals surface area contributed by atoms with Gasteiger partial charge in [-0.1, -0.05) is 0 Å². The molecule has 0 fully saturated rings. The summed E-state index contributed by atoms with van der Waals surface area (Å²) in [5, 5.41) is 2.18. The first kappa shape index (κ1) is 17.0. The number of benzene rings is 1. The Kier molecular flexibility index (Phi) is 5.63. The lowest BCUT2D eigenvalue weighted by Crippen LogP contribution is -2.09. The Morgan fingerprint density at radius 2 is 1.88 bits per heavy atom. The molecular weight excluding hydrogens is 345 g/mol. The molecule has 0 N–H and O–H groups in total. The van der Waals surface area contributed by atoms with Gasteiger partial charge in [-0.3, -0.25) is 0 Å². The highest BCUT2D eigenvalue weighted by Gasteiger charge is 2.14. The maximum Gasteiger partial charge on any atom is 0.357 e. The molecule has 2 aromatic heterocycles. The standard InChI is InChI=1S/C17H14FN3O3S/c18-12-3-5-13(6-4-12)23-9-2-10-24-17(22)14-11-25-16(21-14)15-19-7-1-8-20-15/h1,3-8,11H,2,9-10H2. The fourth-order valence-corrected chi connectivity index (χ4v) is 2.63. The molecule has 128 valence electrons. The normalized spacial score (nSPS) is 10.4. The number of rotatable bonds is 7. The summed E-state index contributed by atoms with van der Waals surface area (Å²) in [6.07, 6.45) is 3.74. The zero-order valence-corrected chi connectivity index (χ0v) is 13.9. The van der Waals surface area contributed by atoms with Crippen molar-refractivity contribution in [2.24, 2.45) is 0 Å². The zero-order chi connectivity index (χ0) is 17.5. The quantitative estimate of drug-likeness (QED) is 0.476. The van der Waals surface area contributed by atoms with Gasteiger partial charge in [-0.15, -0.1) is 11.3 Å². The van der Waals surface area contributed by atoms with Crippen LogP contribution >= 0.6 is 11.3 Å². The minimum absolute atomic E-state index is 0.203. The van der Waals surface area contributed by atoms with Crippen molar-refractivity contribution in [3.8, 4) is 16.6 Å². The van der Waals surface area contributed by atoms with Gasteiger partial charge in [0.2, 0.25) is 0 Å². The number of carbonyl (C=O) groups excluding carboxylic acids is 1. The van der Waals surface area contributed by atoms with Crippen LogP contribution in [0.4, 0.5) is 4.39 Å². The second-order valence-corrected chi connectivity index (χ2v) is 5.76. The molecule has 3 rings (SSSR count). The van der Waals surface area contributed by atoms with Gasteiger partial charge in [-0.05, 0) is 30.3 Å². The number of esters is 1. The van der Waals surface area contributed by atoms with Crippen molar-refractivity contribution in [3.63, 3.8) is 0 Å². The summed E-state index contributed by atoms with van der Waals surface area (Å²) < 4.78 is 23.3. The van der Waals surface area contributed by atoms with E-state index in [-0.39, 0.29) is 18.1 Å². The maximum absolute atomic E-state index is 12.8. The van der Waals surface area contributed by atoms with Crippen molar-refractivity contribution in [1.29, 1.82) is 0 Å². The molecule has 0 aliphatic heterocycles. The van der Waals surface area contributed by atoms with Crippen LogP contribution in [0.25, 0.3) is 10.8 Å². The third-order valence-electron chi connectivity index (χ3n) is 3.07. The average molecular weight is 359 g/mol. The van der Waals surface area contributed by atoms with E-state index in [2.05, 4.69) is 15.0 Å². The monoisotopic (exact) mass is 359 g/mol. The summed E-state index contributed by atoms with van der Waals surface area (Å²) in [6.45, 7) is 0.563. The van der Waals surface area contributed by atoms with Gasteiger partial charge in [0, 0.05) is 24.2 Å². The first-order chi connectivity index (χ1) is 12.2. The smallest absolute Gasteiger partial charge is 0.357 e. The number of carbonyl (C=O) groups is 1. The number of nitrogens with zero attached hydrogens (tertiary/aromatic N) is 3. The fourth-order valence-electron chi connectivity index (χ4n) is 1.90. The van der Waals surface area contributed by atoms with E-state index in [1.54, 1.807) is 36.0 Å². The highest BCUT2D eigenvalue weighted by atomic mass is 32.1. The van der Waals surface area contributed by atoms with E-state index in [0.29, 0.717) is 29.6 Å². The highest BCUT2D eigenvalue weighted by Crippen LogP contribution is 2.20. The minimum Gasteiger partial charge on any atom is -0.493 e. The molecule has 0 unspecified atom stereocenters. The van der Waals surface area contributed by atoms with E-state index in [1.807, 2.05) is 0 Å². The van der Waals surface area contributed by atoms with E-state index >= 15 is 0 Å². The molecular formula is C17H14FN3O3S. The van der Waals surface area contributed by atoms with Gasteiger partial charge in [-0.2, -0.15) is 0 Å². The van der Waals surface area contributed by atoms with Crippen LogP contribution in [0.15, 0.2) is 48.1 Å². The Morgan fingerprint density at radius 3 is 2.64 bits per heavy atom. The molecule has 0 amide bonds. The molecule has 0 radical (unpaired) electrons. The Morgan fingerprint density at radius 1 is 1.12 bits per heavy atom. The van der Waals surface area contributed by atoms with Crippen LogP contribution in [-0.4, -0.2) is 34.1 Å². The summed E-state index contributed by atoms with van der Waals surface area (Å²) in [6, 6.07) is 7.45. The zero-order valence-electron chi connectivity index (χ0n) is 13.1. The van der Waals surface area contributed by atoms with Gasteiger partial charge in [0.15, 0.2) is 16.5 Å². The van der Waals surface area contributed by atoms with Crippen molar-refractivity contribution < 1.29 is 18.7 Å². The molecule has 6 nitrogen and oxygen atoms in total. The van der Waals surface area contributed by atoms with E-state index in [4.69, 9.17) is 9.47 Å². The Balaban J connectivity index is 1.42. The summed E-state index contributed by atoms with van der Waals surface area (Å²) in [5.41, 5.74) is 0.229. The van der Waals surface area contributed by atoms with E-state index in [9.17, 15) is 9.18 Å². The lowest BCUT2D eigenvalue weighted by molar-refractivity contribution is 0.0480. The van der Waals surface area contributed by atoms with Crippen LogP contribution < -0.4 is 4.74 Å². The first-order valence-corrected chi connectivity index (χ1v) is 8.39.